The fraction of sp³-hybridized carbons (Fsp3) is 0.429. The average molecular weight is 295 g/mol. The SMILES string of the molecule is CNc1nc2ccccc2nc1OCC1CCNC1.Cl. The minimum Gasteiger partial charge on any atom is -0.475 e. The fourth-order valence-corrected chi connectivity index (χ4v) is 2.30. The summed E-state index contributed by atoms with van der Waals surface area (Å²) in [5.41, 5.74) is 1.74. The van der Waals surface area contributed by atoms with Crippen molar-refractivity contribution < 1.29 is 4.74 Å². The predicted molar refractivity (Wildman–Crippen MR) is 82.8 cm³/mol. The van der Waals surface area contributed by atoms with Gasteiger partial charge in [-0.1, -0.05) is 12.1 Å². The van der Waals surface area contributed by atoms with E-state index in [9.17, 15) is 0 Å². The second-order valence-corrected chi connectivity index (χ2v) is 4.79. The molecule has 1 aliphatic rings. The smallest absolute Gasteiger partial charge is 0.258 e. The number of ether oxygens (including phenoxy) is 1. The van der Waals surface area contributed by atoms with E-state index in [1.165, 1.54) is 0 Å². The number of nitrogens with zero attached hydrogens (tertiary/aromatic N) is 2. The van der Waals surface area contributed by atoms with Crippen molar-refractivity contribution in [3.05, 3.63) is 24.3 Å². The van der Waals surface area contributed by atoms with Gasteiger partial charge in [0, 0.05) is 19.5 Å². The number of fused-ring (bicyclic) bond motifs is 1. The van der Waals surface area contributed by atoms with Gasteiger partial charge in [-0.25, -0.2) is 9.97 Å². The van der Waals surface area contributed by atoms with E-state index in [1.54, 1.807) is 0 Å². The maximum absolute atomic E-state index is 5.84. The Bertz CT molecular complexity index is 572. The third-order valence-corrected chi connectivity index (χ3v) is 3.39. The van der Waals surface area contributed by atoms with Gasteiger partial charge in [-0.2, -0.15) is 0 Å². The Morgan fingerprint density at radius 1 is 1.30 bits per heavy atom. The number of halogens is 1. The van der Waals surface area contributed by atoms with Crippen molar-refractivity contribution in [3.8, 4) is 5.88 Å². The highest BCUT2D eigenvalue weighted by Crippen LogP contribution is 2.23. The topological polar surface area (TPSA) is 59.1 Å². The van der Waals surface area contributed by atoms with Crippen LogP contribution < -0.4 is 15.4 Å². The monoisotopic (exact) mass is 294 g/mol. The van der Waals surface area contributed by atoms with E-state index < -0.39 is 0 Å². The molecule has 0 radical (unpaired) electrons. The molecule has 1 fully saturated rings. The summed E-state index contributed by atoms with van der Waals surface area (Å²) in [7, 11) is 1.84. The Morgan fingerprint density at radius 2 is 2.05 bits per heavy atom. The standard InChI is InChI=1S/C14H18N4O.ClH/c1-15-13-14(19-9-10-6-7-16-8-10)18-12-5-3-2-4-11(12)17-13;/h2-5,10,16H,6-9H2,1H3,(H,15,17);1H. The summed E-state index contributed by atoms with van der Waals surface area (Å²) in [6, 6.07) is 7.82. The molecule has 1 atom stereocenters. The molecule has 3 rings (SSSR count). The van der Waals surface area contributed by atoms with Gasteiger partial charge in [-0.15, -0.1) is 12.4 Å². The fourth-order valence-electron chi connectivity index (χ4n) is 2.30. The lowest BCUT2D eigenvalue weighted by Crippen LogP contribution is -2.16. The van der Waals surface area contributed by atoms with Crippen LogP contribution in [0.3, 0.4) is 0 Å². The van der Waals surface area contributed by atoms with Gasteiger partial charge < -0.3 is 15.4 Å². The van der Waals surface area contributed by atoms with Crippen LogP contribution in [0.2, 0.25) is 0 Å². The highest BCUT2D eigenvalue weighted by molar-refractivity contribution is 5.85. The number of rotatable bonds is 4. The minimum atomic E-state index is 0. The molecule has 0 saturated carbocycles. The van der Waals surface area contributed by atoms with E-state index in [1.807, 2.05) is 31.3 Å². The Hall–Kier alpha value is -1.59. The molecule has 0 aliphatic carbocycles. The van der Waals surface area contributed by atoms with Crippen LogP contribution in [-0.2, 0) is 0 Å². The number of nitrogens with one attached hydrogen (secondary N) is 2. The Kier molecular flexibility index (Phi) is 4.98. The highest BCUT2D eigenvalue weighted by atomic mass is 35.5. The summed E-state index contributed by atoms with van der Waals surface area (Å²) in [5, 5.41) is 6.38. The number of benzene rings is 1. The summed E-state index contributed by atoms with van der Waals surface area (Å²) < 4.78 is 5.84. The van der Waals surface area contributed by atoms with Crippen LogP contribution >= 0.6 is 12.4 Å². The highest BCUT2D eigenvalue weighted by Gasteiger charge is 2.17. The molecule has 1 aromatic carbocycles. The molecular weight excluding hydrogens is 276 g/mol. The van der Waals surface area contributed by atoms with Crippen molar-refractivity contribution in [2.45, 2.75) is 6.42 Å². The molecule has 1 unspecified atom stereocenters. The van der Waals surface area contributed by atoms with Crippen LogP contribution in [0.25, 0.3) is 11.0 Å². The van der Waals surface area contributed by atoms with Crippen LogP contribution in [0.1, 0.15) is 6.42 Å². The Labute approximate surface area is 124 Å². The molecule has 2 N–H and O–H groups in total. The summed E-state index contributed by atoms with van der Waals surface area (Å²) in [5.74, 6) is 1.86. The maximum Gasteiger partial charge on any atom is 0.258 e. The van der Waals surface area contributed by atoms with Crippen molar-refractivity contribution in [2.24, 2.45) is 5.92 Å². The largest absolute Gasteiger partial charge is 0.475 e. The Morgan fingerprint density at radius 3 is 2.70 bits per heavy atom. The number of hydrogen-bond acceptors (Lipinski definition) is 5. The maximum atomic E-state index is 5.84. The van der Waals surface area contributed by atoms with Crippen molar-refractivity contribution >= 4 is 29.3 Å². The first-order valence-corrected chi connectivity index (χ1v) is 6.65. The zero-order valence-corrected chi connectivity index (χ0v) is 12.2. The number of aromatic nitrogens is 2. The second kappa shape index (κ2) is 6.72. The average Bonchev–Trinajstić information content (AvgIpc) is 2.97. The van der Waals surface area contributed by atoms with Crippen molar-refractivity contribution in [1.29, 1.82) is 0 Å². The van der Waals surface area contributed by atoms with E-state index in [2.05, 4.69) is 20.6 Å². The van der Waals surface area contributed by atoms with Crippen LogP contribution in [-0.4, -0.2) is 36.7 Å². The first-order valence-electron chi connectivity index (χ1n) is 6.65. The molecule has 1 aromatic heterocycles. The van der Waals surface area contributed by atoms with Gasteiger partial charge in [-0.05, 0) is 25.1 Å². The van der Waals surface area contributed by atoms with Crippen molar-refractivity contribution in [1.82, 2.24) is 15.3 Å². The first kappa shape index (κ1) is 14.8. The van der Waals surface area contributed by atoms with Gasteiger partial charge in [0.25, 0.3) is 5.88 Å². The molecule has 6 heteroatoms. The molecule has 2 heterocycles. The van der Waals surface area contributed by atoms with Crippen molar-refractivity contribution in [2.75, 3.05) is 32.1 Å². The van der Waals surface area contributed by atoms with Gasteiger partial charge in [0.1, 0.15) is 0 Å². The van der Waals surface area contributed by atoms with Crippen LogP contribution in [0.5, 0.6) is 5.88 Å². The second-order valence-electron chi connectivity index (χ2n) is 4.79. The van der Waals surface area contributed by atoms with Crippen molar-refractivity contribution in [3.63, 3.8) is 0 Å². The minimum absolute atomic E-state index is 0. The zero-order valence-electron chi connectivity index (χ0n) is 11.4. The summed E-state index contributed by atoms with van der Waals surface area (Å²) >= 11 is 0. The molecule has 0 spiro atoms. The van der Waals surface area contributed by atoms with E-state index in [0.717, 1.165) is 30.5 Å². The lowest BCUT2D eigenvalue weighted by atomic mass is 10.1. The van der Waals surface area contributed by atoms with Gasteiger partial charge in [0.05, 0.1) is 17.6 Å². The molecule has 1 aliphatic heterocycles. The molecule has 20 heavy (non-hydrogen) atoms. The third kappa shape index (κ3) is 3.11. The van der Waals surface area contributed by atoms with E-state index >= 15 is 0 Å². The Balaban J connectivity index is 0.00000147. The molecule has 0 amide bonds. The zero-order chi connectivity index (χ0) is 13.1. The molecule has 2 aromatic rings. The molecule has 5 nitrogen and oxygen atoms in total. The van der Waals surface area contributed by atoms with E-state index in [0.29, 0.717) is 24.2 Å². The first-order chi connectivity index (χ1) is 9.36. The van der Waals surface area contributed by atoms with Gasteiger partial charge >= 0.3 is 0 Å². The summed E-state index contributed by atoms with van der Waals surface area (Å²) in [4.78, 5) is 9.06. The van der Waals surface area contributed by atoms with E-state index in [4.69, 9.17) is 4.74 Å². The van der Waals surface area contributed by atoms with E-state index in [-0.39, 0.29) is 12.4 Å². The van der Waals surface area contributed by atoms with Gasteiger partial charge in [0.15, 0.2) is 5.82 Å². The van der Waals surface area contributed by atoms with Crippen LogP contribution in [0.4, 0.5) is 5.82 Å². The number of anilines is 1. The van der Waals surface area contributed by atoms with Gasteiger partial charge in [0.2, 0.25) is 0 Å². The number of hydrogen-bond donors (Lipinski definition) is 2. The lowest BCUT2D eigenvalue weighted by Gasteiger charge is -2.13. The van der Waals surface area contributed by atoms with Gasteiger partial charge in [-0.3, -0.25) is 0 Å². The normalized spacial score (nSPS) is 17.8. The summed E-state index contributed by atoms with van der Waals surface area (Å²) in [6.45, 7) is 2.79. The molecular formula is C14H19ClN4O. The van der Waals surface area contributed by atoms with Crippen LogP contribution in [0, 0.1) is 5.92 Å². The quantitative estimate of drug-likeness (QED) is 0.904. The predicted octanol–water partition coefficient (Wildman–Crippen LogP) is 2.08. The summed E-state index contributed by atoms with van der Waals surface area (Å²) in [6.07, 6.45) is 1.16. The third-order valence-electron chi connectivity index (χ3n) is 3.39. The molecule has 0 bridgehead atoms. The molecule has 108 valence electrons. The molecule has 1 saturated heterocycles. The lowest BCUT2D eigenvalue weighted by molar-refractivity contribution is 0.252. The number of para-hydroxylation sites is 2. The van der Waals surface area contributed by atoms with Crippen LogP contribution in [0.15, 0.2) is 24.3 Å².